The first-order valence-electron chi connectivity index (χ1n) is 8.42. The van der Waals surface area contributed by atoms with E-state index in [0.29, 0.717) is 23.8 Å². The van der Waals surface area contributed by atoms with Gasteiger partial charge in [-0.1, -0.05) is 30.3 Å². The number of para-hydroxylation sites is 2. The number of hydrogen-bond donors (Lipinski definition) is 1. The van der Waals surface area contributed by atoms with Crippen LogP contribution in [0.4, 0.5) is 5.69 Å². The molecule has 1 aliphatic rings. The lowest BCUT2D eigenvalue weighted by atomic mass is 10.1. The van der Waals surface area contributed by atoms with E-state index in [9.17, 15) is 0 Å². The third kappa shape index (κ3) is 3.93. The molecule has 7 heteroatoms. The van der Waals surface area contributed by atoms with Crippen LogP contribution in [-0.4, -0.2) is 39.2 Å². The van der Waals surface area contributed by atoms with E-state index in [1.807, 2.05) is 36.4 Å². The van der Waals surface area contributed by atoms with Crippen LogP contribution in [0.15, 0.2) is 63.9 Å². The van der Waals surface area contributed by atoms with E-state index < -0.39 is 0 Å². The number of methoxy groups -OCH3 is 2. The van der Waals surface area contributed by atoms with Crippen molar-refractivity contribution in [3.63, 3.8) is 0 Å². The molecule has 1 saturated heterocycles. The number of amidine groups is 1. The molecule has 26 heavy (non-hydrogen) atoms. The maximum atomic E-state index is 5.50. The van der Waals surface area contributed by atoms with Gasteiger partial charge in [0.15, 0.2) is 17.3 Å². The van der Waals surface area contributed by atoms with Crippen LogP contribution in [0.1, 0.15) is 5.56 Å². The van der Waals surface area contributed by atoms with E-state index in [1.165, 1.54) is 5.69 Å². The van der Waals surface area contributed by atoms with Crippen LogP contribution in [0.5, 0.6) is 11.5 Å². The summed E-state index contributed by atoms with van der Waals surface area (Å²) in [7, 11) is 3.21. The van der Waals surface area contributed by atoms with E-state index in [1.54, 1.807) is 14.2 Å². The summed E-state index contributed by atoms with van der Waals surface area (Å²) in [6.45, 7) is 1.68. The Balaban J connectivity index is 1.60. The average molecular weight is 353 g/mol. The van der Waals surface area contributed by atoms with Crippen LogP contribution in [0.25, 0.3) is 0 Å². The minimum absolute atomic E-state index is 0.152. The van der Waals surface area contributed by atoms with Crippen molar-refractivity contribution in [1.29, 1.82) is 0 Å². The molecule has 136 valence electrons. The van der Waals surface area contributed by atoms with Gasteiger partial charge < -0.3 is 20.2 Å². The van der Waals surface area contributed by atoms with Gasteiger partial charge >= 0.3 is 0 Å². The minimum Gasteiger partial charge on any atom is -0.493 e. The molecule has 0 bridgehead atoms. The van der Waals surface area contributed by atoms with E-state index in [2.05, 4.69) is 32.4 Å². The summed E-state index contributed by atoms with van der Waals surface area (Å²) in [5.74, 6) is 7.27. The van der Waals surface area contributed by atoms with E-state index in [4.69, 9.17) is 15.3 Å². The zero-order chi connectivity index (χ0) is 18.4. The maximum absolute atomic E-state index is 5.50. The quantitative estimate of drug-likeness (QED) is 0.284. The Morgan fingerprint density at radius 3 is 2.50 bits per heavy atom. The molecule has 3 rings (SSSR count). The highest BCUT2D eigenvalue weighted by molar-refractivity contribution is 5.85. The smallest absolute Gasteiger partial charge is 0.174 e. The Bertz CT molecular complexity index is 786. The monoisotopic (exact) mass is 353 g/mol. The normalized spacial score (nSPS) is 15.2. The lowest BCUT2D eigenvalue weighted by Gasteiger charge is -2.38. The number of ether oxygens (including phenoxy) is 2. The highest BCUT2D eigenvalue weighted by Crippen LogP contribution is 2.31. The largest absolute Gasteiger partial charge is 0.493 e. The molecule has 7 nitrogen and oxygen atoms in total. The number of nitrogens with two attached hydrogens (primary N) is 1. The molecule has 0 saturated carbocycles. The van der Waals surface area contributed by atoms with Gasteiger partial charge in [0, 0.05) is 30.8 Å². The summed E-state index contributed by atoms with van der Waals surface area (Å²) in [6, 6.07) is 16.1. The van der Waals surface area contributed by atoms with Crippen molar-refractivity contribution < 1.29 is 9.47 Å². The lowest BCUT2D eigenvalue weighted by Crippen LogP contribution is -2.49. The second-order valence-electron chi connectivity index (χ2n) is 5.98. The topological polar surface area (TPSA) is 84.8 Å². The predicted octanol–water partition coefficient (Wildman–Crippen LogP) is 2.86. The number of hydrazone groups is 1. The van der Waals surface area contributed by atoms with Crippen LogP contribution in [0, 0.1) is 0 Å². The summed E-state index contributed by atoms with van der Waals surface area (Å²) in [4.78, 5) is 2.26. The fourth-order valence-corrected chi connectivity index (χ4v) is 2.90. The molecule has 0 atom stereocenters. The van der Waals surface area contributed by atoms with Gasteiger partial charge in [0.1, 0.15) is 6.04 Å². The predicted molar refractivity (Wildman–Crippen MR) is 102 cm³/mol. The van der Waals surface area contributed by atoms with Crippen molar-refractivity contribution in [1.82, 2.24) is 0 Å². The van der Waals surface area contributed by atoms with E-state index in [0.717, 1.165) is 18.7 Å². The number of benzene rings is 2. The summed E-state index contributed by atoms with van der Waals surface area (Å²) in [6.07, 6.45) is 0.426. The van der Waals surface area contributed by atoms with Crippen molar-refractivity contribution in [2.45, 2.75) is 12.5 Å². The zero-order valence-corrected chi connectivity index (χ0v) is 15.0. The summed E-state index contributed by atoms with van der Waals surface area (Å²) >= 11 is 0. The molecule has 0 unspecified atom stereocenters. The Labute approximate surface area is 153 Å². The highest BCUT2D eigenvalue weighted by atomic mass is 16.5. The van der Waals surface area contributed by atoms with Crippen molar-refractivity contribution in [3.05, 3.63) is 54.1 Å². The average Bonchev–Trinajstić information content (AvgIpc) is 2.66. The molecular formula is C19H23N5O2. The molecule has 0 radical (unpaired) electrons. The maximum Gasteiger partial charge on any atom is 0.174 e. The number of azo groups is 1. The highest BCUT2D eigenvalue weighted by Gasteiger charge is 2.26. The zero-order valence-electron chi connectivity index (χ0n) is 15.0. The third-order valence-corrected chi connectivity index (χ3v) is 4.30. The molecule has 2 N–H and O–H groups in total. The Kier molecular flexibility index (Phi) is 5.68. The lowest BCUT2D eigenvalue weighted by molar-refractivity contribution is 0.352. The minimum atomic E-state index is 0.152. The van der Waals surface area contributed by atoms with Crippen LogP contribution < -0.4 is 20.2 Å². The molecule has 1 heterocycles. The molecule has 2 aromatic carbocycles. The Morgan fingerprint density at radius 2 is 1.85 bits per heavy atom. The van der Waals surface area contributed by atoms with Crippen LogP contribution in [0.3, 0.4) is 0 Å². The van der Waals surface area contributed by atoms with Gasteiger partial charge in [-0.15, -0.1) is 5.11 Å². The van der Waals surface area contributed by atoms with Crippen molar-refractivity contribution >= 4 is 11.5 Å². The fourth-order valence-electron chi connectivity index (χ4n) is 2.90. The number of nitrogens with zero attached hydrogens (tertiary/aromatic N) is 4. The summed E-state index contributed by atoms with van der Waals surface area (Å²) < 4.78 is 10.7. The SMILES string of the molecule is COc1cccc(C/C(N=NC2CN(c3ccccc3)C2)=N/N)c1OC. The van der Waals surface area contributed by atoms with Crippen LogP contribution in [-0.2, 0) is 6.42 Å². The first-order chi connectivity index (χ1) is 12.7. The van der Waals surface area contributed by atoms with Crippen LogP contribution >= 0.6 is 0 Å². The van der Waals surface area contributed by atoms with Gasteiger partial charge in [-0.2, -0.15) is 10.2 Å². The fraction of sp³-hybridized carbons (Fsp3) is 0.316. The molecule has 0 aromatic heterocycles. The first kappa shape index (κ1) is 17.7. The van der Waals surface area contributed by atoms with Gasteiger partial charge in [-0.3, -0.25) is 0 Å². The van der Waals surface area contributed by atoms with Gasteiger partial charge in [-0.25, -0.2) is 0 Å². The summed E-state index contributed by atoms with van der Waals surface area (Å²) in [5, 5.41) is 12.4. The van der Waals surface area contributed by atoms with Crippen LogP contribution in [0.2, 0.25) is 0 Å². The molecular weight excluding hydrogens is 330 g/mol. The van der Waals surface area contributed by atoms with Crippen molar-refractivity contribution in [3.8, 4) is 11.5 Å². The van der Waals surface area contributed by atoms with Gasteiger partial charge in [0.05, 0.1) is 14.2 Å². The van der Waals surface area contributed by atoms with Gasteiger partial charge in [0.25, 0.3) is 0 Å². The molecule has 0 amide bonds. The Hall–Kier alpha value is -3.09. The number of rotatable bonds is 6. The van der Waals surface area contributed by atoms with E-state index >= 15 is 0 Å². The van der Waals surface area contributed by atoms with Crippen molar-refractivity contribution in [2.24, 2.45) is 21.2 Å². The van der Waals surface area contributed by atoms with E-state index in [-0.39, 0.29) is 6.04 Å². The third-order valence-electron chi connectivity index (χ3n) is 4.30. The molecule has 1 aliphatic heterocycles. The number of anilines is 1. The molecule has 2 aromatic rings. The molecule has 0 aliphatic carbocycles. The second kappa shape index (κ2) is 8.33. The number of hydrogen-bond acceptors (Lipinski definition) is 6. The second-order valence-corrected chi connectivity index (χ2v) is 5.98. The Morgan fingerprint density at radius 1 is 1.08 bits per heavy atom. The van der Waals surface area contributed by atoms with Gasteiger partial charge in [-0.05, 0) is 18.2 Å². The first-order valence-corrected chi connectivity index (χ1v) is 8.42. The van der Waals surface area contributed by atoms with Crippen molar-refractivity contribution in [2.75, 3.05) is 32.2 Å². The molecule has 0 spiro atoms. The van der Waals surface area contributed by atoms with Gasteiger partial charge in [0.2, 0.25) is 0 Å². The molecule has 1 fully saturated rings. The standard InChI is InChI=1S/C19H23N5O2/c1-25-17-10-6-7-14(19(17)26-2)11-18(21-20)23-22-15-12-24(13-15)16-8-4-3-5-9-16/h3-10,15H,11-13,20H2,1-2H3/b21-18-,23-22?. The summed E-state index contributed by atoms with van der Waals surface area (Å²) in [5.41, 5.74) is 2.10.